The highest BCUT2D eigenvalue weighted by atomic mass is 19.1. The van der Waals surface area contributed by atoms with E-state index in [4.69, 9.17) is 15.0 Å². The van der Waals surface area contributed by atoms with E-state index >= 15 is 4.39 Å². The van der Waals surface area contributed by atoms with Gasteiger partial charge in [0.15, 0.2) is 5.83 Å². The molecule has 38 heavy (non-hydrogen) atoms. The molecule has 194 valence electrons. The van der Waals surface area contributed by atoms with Crippen molar-refractivity contribution >= 4 is 25.2 Å². The number of carbonyl (C=O) groups excluding carboxylic acids is 1. The van der Waals surface area contributed by atoms with Crippen LogP contribution >= 0.6 is 0 Å². The van der Waals surface area contributed by atoms with Gasteiger partial charge in [0, 0.05) is 42.6 Å². The molecule has 0 atom stereocenters. The van der Waals surface area contributed by atoms with Crippen LogP contribution in [0.25, 0.3) is 5.69 Å². The summed E-state index contributed by atoms with van der Waals surface area (Å²) in [6.45, 7) is 4.45. The summed E-state index contributed by atoms with van der Waals surface area (Å²) in [6, 6.07) is 11.7. The largest absolute Gasteiger partial charge is 0.446 e. The van der Waals surface area contributed by atoms with Crippen molar-refractivity contribution in [3.8, 4) is 11.7 Å². The molecule has 1 spiro atoms. The van der Waals surface area contributed by atoms with Gasteiger partial charge in [-0.25, -0.2) is 14.4 Å². The first kappa shape index (κ1) is 25.6. The van der Waals surface area contributed by atoms with Crippen LogP contribution in [-0.4, -0.2) is 59.9 Å². The molecule has 1 amide bonds. The Morgan fingerprint density at radius 1 is 1.21 bits per heavy atom. The van der Waals surface area contributed by atoms with Gasteiger partial charge in [0.1, 0.15) is 11.8 Å². The highest BCUT2D eigenvalue weighted by Crippen LogP contribution is 2.57. The zero-order valence-corrected chi connectivity index (χ0v) is 21.1. The third-order valence-electron chi connectivity index (χ3n) is 7.82. The van der Waals surface area contributed by atoms with Gasteiger partial charge in [-0.1, -0.05) is 30.8 Å². The van der Waals surface area contributed by atoms with Crippen LogP contribution in [0, 0.1) is 16.6 Å². The quantitative estimate of drug-likeness (QED) is 0.421. The van der Waals surface area contributed by atoms with E-state index in [0.29, 0.717) is 37.2 Å². The van der Waals surface area contributed by atoms with Crippen LogP contribution in [0.5, 0.6) is 0 Å². The van der Waals surface area contributed by atoms with Crippen molar-refractivity contribution in [1.29, 1.82) is 5.26 Å². The summed E-state index contributed by atoms with van der Waals surface area (Å²) in [5.74, 6) is 1.69. The number of aliphatic imine (C=N–C) groups is 2. The summed E-state index contributed by atoms with van der Waals surface area (Å²) in [7, 11) is 0. The minimum absolute atomic E-state index is 0.0699. The molecule has 0 bridgehead atoms. The summed E-state index contributed by atoms with van der Waals surface area (Å²) in [5, 5.41) is 8.99. The maximum absolute atomic E-state index is 15.1. The maximum atomic E-state index is 15.1. The fourth-order valence-corrected chi connectivity index (χ4v) is 5.84. The van der Waals surface area contributed by atoms with Crippen molar-refractivity contribution in [1.82, 2.24) is 9.47 Å². The summed E-state index contributed by atoms with van der Waals surface area (Å²) < 4.78 is 22.3. The molecular formula is C28H29BFN5O3. The first-order valence-electron chi connectivity index (χ1n) is 12.9. The molecule has 1 aromatic carbocycles. The molecule has 2 aliphatic heterocycles. The maximum Gasteiger partial charge on any atom is 0.410 e. The lowest BCUT2D eigenvalue weighted by Gasteiger charge is -2.54. The van der Waals surface area contributed by atoms with Crippen LogP contribution in [0.3, 0.4) is 0 Å². The van der Waals surface area contributed by atoms with Crippen LogP contribution in [0.2, 0.25) is 12.6 Å². The zero-order chi connectivity index (χ0) is 26.7. The van der Waals surface area contributed by atoms with Gasteiger partial charge in [-0.15, -0.1) is 0 Å². The highest BCUT2D eigenvalue weighted by Gasteiger charge is 2.56. The topological polar surface area (TPSA) is 100 Å². The normalized spacial score (nSPS) is 19.9. The van der Waals surface area contributed by atoms with Crippen molar-refractivity contribution in [2.45, 2.75) is 50.5 Å². The number of piperidine rings is 1. The number of rotatable bonds is 6. The van der Waals surface area contributed by atoms with E-state index in [0.717, 1.165) is 31.7 Å². The molecule has 0 radical (unpaired) electrons. The number of nitrogens with zero attached hydrogens (tertiary/aromatic N) is 5. The van der Waals surface area contributed by atoms with Gasteiger partial charge in [0.2, 0.25) is 0 Å². The first-order chi connectivity index (χ1) is 18.4. The predicted octanol–water partition coefficient (Wildman–Crippen LogP) is 4.46. The standard InChI is InChI=1S/C28H29BFN5O3/c1-32-16-24(30)26(20-5-4-6-22(13-20)35-10-3-2-7-25(35)36)33-21-8-11-34(12-9-21)27(37)38-23-14-28(15-23)17-29(18-28)19-31/h2-7,10,13,16,21,23H,1,8-9,11-12,14-15,17-18H2/b24-16+,33-26?. The van der Waals surface area contributed by atoms with E-state index in [1.807, 2.05) is 0 Å². The number of benzene rings is 1. The molecule has 1 aliphatic carbocycles. The number of nitriles is 1. The molecule has 2 saturated heterocycles. The van der Waals surface area contributed by atoms with Crippen molar-refractivity contribution in [2.24, 2.45) is 15.4 Å². The molecule has 3 aliphatic rings. The number of halogens is 1. The smallest absolute Gasteiger partial charge is 0.410 e. The summed E-state index contributed by atoms with van der Waals surface area (Å²) in [4.78, 5) is 34.9. The molecule has 3 fully saturated rings. The van der Waals surface area contributed by atoms with E-state index in [1.165, 1.54) is 10.6 Å². The number of pyridine rings is 1. The van der Waals surface area contributed by atoms with Crippen LogP contribution < -0.4 is 5.56 Å². The summed E-state index contributed by atoms with van der Waals surface area (Å²) in [6.07, 6.45) is 6.97. The average Bonchev–Trinajstić information content (AvgIpc) is 2.88. The molecule has 5 rings (SSSR count). The Labute approximate surface area is 221 Å². The Balaban J connectivity index is 1.23. The highest BCUT2D eigenvalue weighted by molar-refractivity contribution is 6.70. The number of hydrogen-bond donors (Lipinski definition) is 0. The van der Waals surface area contributed by atoms with Gasteiger partial charge in [-0.3, -0.25) is 19.3 Å². The van der Waals surface area contributed by atoms with Gasteiger partial charge in [-0.2, -0.15) is 0 Å². The number of carbonyl (C=O) groups is 1. The van der Waals surface area contributed by atoms with E-state index in [2.05, 4.69) is 17.7 Å². The minimum atomic E-state index is -0.618. The second-order valence-electron chi connectivity index (χ2n) is 10.5. The van der Waals surface area contributed by atoms with E-state index in [1.54, 1.807) is 47.5 Å². The Morgan fingerprint density at radius 3 is 2.66 bits per heavy atom. The van der Waals surface area contributed by atoms with Crippen LogP contribution in [0.15, 0.2) is 75.5 Å². The average molecular weight is 513 g/mol. The van der Waals surface area contributed by atoms with Crippen molar-refractivity contribution in [2.75, 3.05) is 13.1 Å². The van der Waals surface area contributed by atoms with Gasteiger partial charge in [0.25, 0.3) is 12.3 Å². The van der Waals surface area contributed by atoms with Gasteiger partial charge < -0.3 is 9.64 Å². The van der Waals surface area contributed by atoms with Crippen molar-refractivity contribution < 1.29 is 13.9 Å². The number of ether oxygens (including phenoxy) is 1. The van der Waals surface area contributed by atoms with Gasteiger partial charge in [0.05, 0.1) is 12.2 Å². The summed E-state index contributed by atoms with van der Waals surface area (Å²) >= 11 is 0. The second-order valence-corrected chi connectivity index (χ2v) is 10.5. The van der Waals surface area contributed by atoms with Crippen molar-refractivity contribution in [3.63, 3.8) is 0 Å². The SMILES string of the molecule is C=N/C=C(/F)C(=NC1CCN(C(=O)OC2CC3(CB(C#N)C3)C2)CC1)c1cccc(-n2ccccc2=O)c1. The van der Waals surface area contributed by atoms with E-state index in [-0.39, 0.29) is 41.6 Å². The third-order valence-corrected chi connectivity index (χ3v) is 7.82. The molecule has 8 nitrogen and oxygen atoms in total. The van der Waals surface area contributed by atoms with Crippen molar-refractivity contribution in [3.05, 3.63) is 76.6 Å². The Hall–Kier alpha value is -4.00. The second kappa shape index (κ2) is 10.8. The minimum Gasteiger partial charge on any atom is -0.446 e. The van der Waals surface area contributed by atoms with E-state index in [9.17, 15) is 9.59 Å². The number of allylic oxidation sites excluding steroid dienone is 1. The lowest BCUT2D eigenvalue weighted by molar-refractivity contribution is -0.0449. The number of hydrogen-bond acceptors (Lipinski definition) is 6. The monoisotopic (exact) mass is 513 g/mol. The first-order valence-corrected chi connectivity index (χ1v) is 12.9. The Bertz CT molecular complexity index is 1380. The van der Waals surface area contributed by atoms with Crippen LogP contribution in [-0.2, 0) is 4.74 Å². The molecule has 1 saturated carbocycles. The fraction of sp³-hybridized carbons (Fsp3) is 0.393. The van der Waals surface area contributed by atoms with E-state index < -0.39 is 5.83 Å². The molecule has 1 aromatic heterocycles. The molecule has 0 unspecified atom stereocenters. The Morgan fingerprint density at radius 2 is 1.97 bits per heavy atom. The zero-order valence-electron chi connectivity index (χ0n) is 21.1. The van der Waals surface area contributed by atoms with Crippen LogP contribution in [0.4, 0.5) is 9.18 Å². The fourth-order valence-electron chi connectivity index (χ4n) is 5.84. The molecule has 2 aromatic rings. The molecule has 0 N–H and O–H groups in total. The molecule has 3 heterocycles. The Kier molecular flexibility index (Phi) is 7.27. The van der Waals surface area contributed by atoms with Gasteiger partial charge in [-0.05, 0) is 56.0 Å². The number of aromatic nitrogens is 1. The molecule has 10 heteroatoms. The lowest BCUT2D eigenvalue weighted by atomic mass is 9.24. The summed E-state index contributed by atoms with van der Waals surface area (Å²) in [5.41, 5.74) is 1.28. The molecular weight excluding hydrogens is 484 g/mol. The number of likely N-dealkylation sites (tertiary alicyclic amines) is 1. The predicted molar refractivity (Wildman–Crippen MR) is 145 cm³/mol. The third kappa shape index (κ3) is 5.33. The lowest BCUT2D eigenvalue weighted by Crippen LogP contribution is -2.54. The van der Waals surface area contributed by atoms with Crippen LogP contribution in [0.1, 0.15) is 31.2 Å². The van der Waals surface area contributed by atoms with Gasteiger partial charge >= 0.3 is 6.09 Å². The number of amides is 1.